The highest BCUT2D eigenvalue weighted by Crippen LogP contribution is 2.30. The second kappa shape index (κ2) is 10.9. The molecule has 5 amide bonds. The fourth-order valence-electron chi connectivity index (χ4n) is 3.77. The molecule has 0 bridgehead atoms. The van der Waals surface area contributed by atoms with Crippen molar-refractivity contribution in [2.75, 3.05) is 23.9 Å². The number of phenolic OH excluding ortho intramolecular Hbond substituents is 1. The summed E-state index contributed by atoms with van der Waals surface area (Å²) in [6, 6.07) is 14.8. The molecule has 10 heteroatoms. The molecule has 38 heavy (non-hydrogen) atoms. The van der Waals surface area contributed by atoms with Gasteiger partial charge in [-0.1, -0.05) is 18.2 Å². The van der Waals surface area contributed by atoms with E-state index >= 15 is 0 Å². The van der Waals surface area contributed by atoms with Crippen molar-refractivity contribution in [2.45, 2.75) is 13.8 Å². The Bertz CT molecular complexity index is 1460. The van der Waals surface area contributed by atoms with Gasteiger partial charge in [0.25, 0.3) is 17.7 Å². The average molecular weight is 516 g/mol. The lowest BCUT2D eigenvalue weighted by molar-refractivity contribution is -0.122. The molecule has 0 radical (unpaired) electrons. The molecule has 0 aliphatic carbocycles. The van der Waals surface area contributed by atoms with Crippen LogP contribution in [0.5, 0.6) is 17.2 Å². The van der Waals surface area contributed by atoms with Gasteiger partial charge in [0.1, 0.15) is 11.3 Å². The lowest BCUT2D eigenvalue weighted by Crippen LogP contribution is -2.54. The van der Waals surface area contributed by atoms with Crippen LogP contribution in [0.25, 0.3) is 6.08 Å². The number of hydrogen-bond acceptors (Lipinski definition) is 7. The molecule has 0 atom stereocenters. The first-order valence-corrected chi connectivity index (χ1v) is 11.6. The Morgan fingerprint density at radius 3 is 2.47 bits per heavy atom. The molecule has 1 heterocycles. The van der Waals surface area contributed by atoms with Crippen molar-refractivity contribution in [3.8, 4) is 17.2 Å². The molecule has 0 unspecified atom stereocenters. The van der Waals surface area contributed by atoms with Crippen molar-refractivity contribution in [3.05, 3.63) is 82.9 Å². The van der Waals surface area contributed by atoms with Crippen LogP contribution in [-0.4, -0.2) is 42.6 Å². The molecule has 1 aliphatic rings. The molecule has 3 N–H and O–H groups in total. The fourth-order valence-corrected chi connectivity index (χ4v) is 3.77. The van der Waals surface area contributed by atoms with E-state index in [1.54, 1.807) is 12.1 Å². The van der Waals surface area contributed by atoms with Crippen LogP contribution < -0.4 is 25.0 Å². The van der Waals surface area contributed by atoms with E-state index in [9.17, 15) is 24.3 Å². The quantitative estimate of drug-likeness (QED) is 0.323. The number of carbonyl (C=O) groups is 4. The van der Waals surface area contributed by atoms with Crippen LogP contribution in [0.1, 0.15) is 16.7 Å². The van der Waals surface area contributed by atoms with Gasteiger partial charge in [-0.15, -0.1) is 0 Å². The topological polar surface area (TPSA) is 134 Å². The number of barbiturate groups is 1. The summed E-state index contributed by atoms with van der Waals surface area (Å²) in [5.74, 6) is -1.51. The van der Waals surface area contributed by atoms with Crippen LogP contribution in [0.3, 0.4) is 0 Å². The maximum atomic E-state index is 13.0. The Morgan fingerprint density at radius 1 is 1.03 bits per heavy atom. The highest BCUT2D eigenvalue weighted by molar-refractivity contribution is 6.39. The maximum Gasteiger partial charge on any atom is 0.335 e. The normalized spacial score (nSPS) is 14.3. The predicted octanol–water partition coefficient (Wildman–Crippen LogP) is 3.70. The van der Waals surface area contributed by atoms with Gasteiger partial charge in [0.05, 0.1) is 12.8 Å². The van der Waals surface area contributed by atoms with E-state index in [1.807, 2.05) is 32.0 Å². The highest BCUT2D eigenvalue weighted by Gasteiger charge is 2.36. The summed E-state index contributed by atoms with van der Waals surface area (Å²) in [5.41, 5.74) is 3.04. The number of aryl methyl sites for hydroxylation is 1. The van der Waals surface area contributed by atoms with Crippen molar-refractivity contribution in [2.24, 2.45) is 0 Å². The zero-order valence-electron chi connectivity index (χ0n) is 20.9. The van der Waals surface area contributed by atoms with Crippen molar-refractivity contribution in [3.63, 3.8) is 0 Å². The smallest absolute Gasteiger partial charge is 0.335 e. The summed E-state index contributed by atoms with van der Waals surface area (Å²) in [4.78, 5) is 51.1. The molecule has 1 fully saturated rings. The minimum atomic E-state index is -0.900. The standard InChI is InChI=1S/C28H25N3O7/c1-16-5-4-6-22(17(16)2)29-25(33)15-38-23-12-7-18(14-24(23)37-3)13-21-26(34)30-28(36)31(27(21)35)19-8-10-20(32)11-9-19/h4-14,32H,15H2,1-3H3,(H,29,33)(H,30,34,36)/b21-13-. The van der Waals surface area contributed by atoms with Gasteiger partial charge in [0.2, 0.25) is 0 Å². The first-order chi connectivity index (χ1) is 18.2. The SMILES string of the molecule is COc1cc(/C=C2/C(=O)NC(=O)N(c3ccc(O)cc3)C2=O)ccc1OCC(=O)Nc1cccc(C)c1C. The molecule has 1 saturated heterocycles. The fraction of sp³-hybridized carbons (Fsp3) is 0.143. The van der Waals surface area contributed by atoms with Crippen LogP contribution >= 0.6 is 0 Å². The minimum Gasteiger partial charge on any atom is -0.508 e. The monoisotopic (exact) mass is 515 g/mol. The van der Waals surface area contributed by atoms with Crippen LogP contribution in [0, 0.1) is 13.8 Å². The molecule has 3 aromatic carbocycles. The minimum absolute atomic E-state index is 0.0392. The van der Waals surface area contributed by atoms with Crippen LogP contribution in [0.15, 0.2) is 66.2 Å². The molecule has 0 saturated carbocycles. The van der Waals surface area contributed by atoms with E-state index < -0.39 is 17.8 Å². The van der Waals surface area contributed by atoms with Gasteiger partial charge in [0.15, 0.2) is 18.1 Å². The maximum absolute atomic E-state index is 13.0. The summed E-state index contributed by atoms with van der Waals surface area (Å²) in [5, 5.41) is 14.4. The molecular formula is C28H25N3O7. The van der Waals surface area contributed by atoms with Gasteiger partial charge in [-0.25, -0.2) is 9.69 Å². The van der Waals surface area contributed by atoms with E-state index in [-0.39, 0.29) is 41.0 Å². The number of rotatable bonds is 7. The largest absolute Gasteiger partial charge is 0.508 e. The molecule has 0 aromatic heterocycles. The number of urea groups is 1. The molecule has 3 aromatic rings. The first-order valence-electron chi connectivity index (χ1n) is 11.6. The Hall–Kier alpha value is -5.12. The Kier molecular flexibility index (Phi) is 7.43. The van der Waals surface area contributed by atoms with Crippen molar-refractivity contribution in [1.29, 1.82) is 0 Å². The van der Waals surface area contributed by atoms with Crippen LogP contribution in [0.4, 0.5) is 16.2 Å². The predicted molar refractivity (Wildman–Crippen MR) is 140 cm³/mol. The van der Waals surface area contributed by atoms with E-state index in [1.165, 1.54) is 43.5 Å². The lowest BCUT2D eigenvalue weighted by atomic mass is 10.1. The van der Waals surface area contributed by atoms with E-state index in [0.29, 0.717) is 11.3 Å². The average Bonchev–Trinajstić information content (AvgIpc) is 2.89. The number of aromatic hydroxyl groups is 1. The number of hydrogen-bond donors (Lipinski definition) is 3. The summed E-state index contributed by atoms with van der Waals surface area (Å²) in [6.45, 7) is 3.60. The van der Waals surface area contributed by atoms with Crippen molar-refractivity contribution in [1.82, 2.24) is 5.32 Å². The van der Waals surface area contributed by atoms with Gasteiger partial charge in [-0.3, -0.25) is 19.7 Å². The van der Waals surface area contributed by atoms with Gasteiger partial charge in [0, 0.05) is 5.69 Å². The number of phenols is 1. The Morgan fingerprint density at radius 2 is 1.76 bits per heavy atom. The third-order valence-corrected chi connectivity index (χ3v) is 5.95. The van der Waals surface area contributed by atoms with E-state index in [2.05, 4.69) is 10.6 Å². The number of carbonyl (C=O) groups excluding carboxylic acids is 4. The van der Waals surface area contributed by atoms with Crippen molar-refractivity contribution >= 4 is 41.2 Å². The zero-order chi connectivity index (χ0) is 27.4. The number of nitrogens with zero attached hydrogens (tertiary/aromatic N) is 1. The molecule has 0 spiro atoms. The lowest BCUT2D eigenvalue weighted by Gasteiger charge is -2.26. The van der Waals surface area contributed by atoms with Crippen LogP contribution in [0.2, 0.25) is 0 Å². The third kappa shape index (κ3) is 5.49. The molecule has 4 rings (SSSR count). The number of nitrogens with one attached hydrogen (secondary N) is 2. The summed E-state index contributed by atoms with van der Waals surface area (Å²) in [7, 11) is 1.42. The molecule has 194 valence electrons. The number of ether oxygens (including phenoxy) is 2. The number of imide groups is 2. The van der Waals surface area contributed by atoms with Gasteiger partial charge in [-0.2, -0.15) is 0 Å². The molecule has 10 nitrogen and oxygen atoms in total. The second-order valence-electron chi connectivity index (χ2n) is 8.47. The van der Waals surface area contributed by atoms with Gasteiger partial charge in [-0.05, 0) is 79.1 Å². The first kappa shape index (κ1) is 26.0. The van der Waals surface area contributed by atoms with Gasteiger partial charge >= 0.3 is 6.03 Å². The van der Waals surface area contributed by atoms with Crippen LogP contribution in [-0.2, 0) is 14.4 Å². The number of methoxy groups -OCH3 is 1. The summed E-state index contributed by atoms with van der Waals surface area (Å²) in [6.07, 6.45) is 1.32. The Balaban J connectivity index is 1.51. The highest BCUT2D eigenvalue weighted by atomic mass is 16.5. The van der Waals surface area contributed by atoms with E-state index in [4.69, 9.17) is 9.47 Å². The molecule has 1 aliphatic heterocycles. The molecular weight excluding hydrogens is 490 g/mol. The number of amides is 5. The summed E-state index contributed by atoms with van der Waals surface area (Å²) >= 11 is 0. The third-order valence-electron chi connectivity index (χ3n) is 5.95. The van der Waals surface area contributed by atoms with E-state index in [0.717, 1.165) is 16.0 Å². The number of anilines is 2. The Labute approximate surface area is 218 Å². The number of benzene rings is 3. The van der Waals surface area contributed by atoms with Gasteiger partial charge < -0.3 is 19.9 Å². The second-order valence-corrected chi connectivity index (χ2v) is 8.47. The zero-order valence-corrected chi connectivity index (χ0v) is 20.9. The summed E-state index contributed by atoms with van der Waals surface area (Å²) < 4.78 is 11.0. The van der Waals surface area contributed by atoms with Crippen molar-refractivity contribution < 1.29 is 33.8 Å².